The highest BCUT2D eigenvalue weighted by molar-refractivity contribution is 6.30. The molecule has 2 fully saturated rings. The zero-order valence-corrected chi connectivity index (χ0v) is 17.9. The fourth-order valence-electron chi connectivity index (χ4n) is 4.57. The van der Waals surface area contributed by atoms with Crippen LogP contribution >= 0.6 is 11.6 Å². The van der Waals surface area contributed by atoms with E-state index in [1.807, 2.05) is 4.90 Å². The molecule has 0 aromatic heterocycles. The first-order valence-electron chi connectivity index (χ1n) is 10.1. The lowest BCUT2D eigenvalue weighted by Gasteiger charge is -2.55. The van der Waals surface area contributed by atoms with Crippen LogP contribution in [0, 0.1) is 5.82 Å². The van der Waals surface area contributed by atoms with Crippen molar-refractivity contribution in [3.05, 3.63) is 70.5 Å². The predicted octanol–water partition coefficient (Wildman–Crippen LogP) is 3.54. The number of piperazine rings is 2. The fourth-order valence-corrected chi connectivity index (χ4v) is 4.70. The molecular weight excluding hydrogens is 405 g/mol. The van der Waals surface area contributed by atoms with Crippen molar-refractivity contribution in [2.24, 2.45) is 0 Å². The maximum Gasteiger partial charge on any atom is 0.253 e. The Kier molecular flexibility index (Phi) is 5.55. The molecule has 2 aliphatic rings. The standard InChI is InChI=1S/C23H25ClFN3O2/c1-23(2)15-27(22(30)16-3-7-18(24)8-4-16)14-20-13-26(11-12-28(20)23)21(29)17-5-9-19(25)10-6-17/h3-10,20H,11-15H2,1-2H3. The summed E-state index contributed by atoms with van der Waals surface area (Å²) >= 11 is 5.95. The number of rotatable bonds is 2. The minimum absolute atomic E-state index is 0.0265. The van der Waals surface area contributed by atoms with E-state index in [4.69, 9.17) is 11.6 Å². The Morgan fingerprint density at radius 2 is 1.43 bits per heavy atom. The van der Waals surface area contributed by atoms with Gasteiger partial charge >= 0.3 is 0 Å². The molecule has 158 valence electrons. The zero-order chi connectivity index (χ0) is 21.5. The van der Waals surface area contributed by atoms with Crippen LogP contribution < -0.4 is 0 Å². The summed E-state index contributed by atoms with van der Waals surface area (Å²) < 4.78 is 13.2. The van der Waals surface area contributed by atoms with E-state index in [2.05, 4.69) is 18.7 Å². The predicted molar refractivity (Wildman–Crippen MR) is 114 cm³/mol. The normalized spacial score (nSPS) is 21.3. The number of halogens is 2. The van der Waals surface area contributed by atoms with Gasteiger partial charge in [0.2, 0.25) is 0 Å². The van der Waals surface area contributed by atoms with Crippen LogP contribution in [0.25, 0.3) is 0 Å². The number of fused-ring (bicyclic) bond motifs is 1. The third-order valence-electron chi connectivity index (χ3n) is 6.03. The number of nitrogens with zero attached hydrogens (tertiary/aromatic N) is 3. The summed E-state index contributed by atoms with van der Waals surface area (Å²) in [6.45, 7) is 7.34. The Morgan fingerprint density at radius 3 is 2.07 bits per heavy atom. The van der Waals surface area contributed by atoms with E-state index in [0.717, 1.165) is 6.54 Å². The summed E-state index contributed by atoms with van der Waals surface area (Å²) in [7, 11) is 0. The summed E-state index contributed by atoms with van der Waals surface area (Å²) in [6.07, 6.45) is 0. The van der Waals surface area contributed by atoms with Crippen molar-refractivity contribution in [1.29, 1.82) is 0 Å². The Balaban J connectivity index is 1.51. The summed E-state index contributed by atoms with van der Waals surface area (Å²) in [5, 5.41) is 0.596. The molecule has 0 N–H and O–H groups in total. The Bertz CT molecular complexity index is 944. The largest absolute Gasteiger partial charge is 0.336 e. The molecule has 2 aromatic rings. The van der Waals surface area contributed by atoms with Gasteiger partial charge in [0.15, 0.2) is 0 Å². The van der Waals surface area contributed by atoms with Gasteiger partial charge in [-0.2, -0.15) is 0 Å². The number of carbonyl (C=O) groups is 2. The Labute approximate surface area is 181 Å². The van der Waals surface area contributed by atoms with Crippen LogP contribution in [0.2, 0.25) is 5.02 Å². The van der Waals surface area contributed by atoms with Crippen molar-refractivity contribution in [2.75, 3.05) is 32.7 Å². The second kappa shape index (κ2) is 8.00. The second-order valence-corrected chi connectivity index (χ2v) is 9.05. The van der Waals surface area contributed by atoms with Gasteiger partial charge in [0.25, 0.3) is 11.8 Å². The SMILES string of the molecule is CC1(C)CN(C(=O)c2ccc(Cl)cc2)CC2CN(C(=O)c3ccc(F)cc3)CCN21. The minimum Gasteiger partial charge on any atom is -0.336 e. The lowest BCUT2D eigenvalue weighted by Crippen LogP contribution is -2.70. The van der Waals surface area contributed by atoms with Gasteiger partial charge in [-0.25, -0.2) is 4.39 Å². The quantitative estimate of drug-likeness (QED) is 0.733. The first kappa shape index (κ1) is 20.8. The van der Waals surface area contributed by atoms with Crippen LogP contribution in [0.4, 0.5) is 4.39 Å². The molecule has 1 atom stereocenters. The fraction of sp³-hybridized carbons (Fsp3) is 0.391. The number of benzene rings is 2. The lowest BCUT2D eigenvalue weighted by molar-refractivity contribution is -0.0507. The van der Waals surface area contributed by atoms with E-state index in [0.29, 0.717) is 42.3 Å². The van der Waals surface area contributed by atoms with Crippen LogP contribution in [0.3, 0.4) is 0 Å². The van der Waals surface area contributed by atoms with Gasteiger partial charge in [0.1, 0.15) is 5.82 Å². The van der Waals surface area contributed by atoms with Crippen molar-refractivity contribution >= 4 is 23.4 Å². The summed E-state index contributed by atoms with van der Waals surface area (Å²) in [6, 6.07) is 12.6. The second-order valence-electron chi connectivity index (χ2n) is 8.61. The molecule has 7 heteroatoms. The minimum atomic E-state index is -0.359. The molecule has 4 rings (SSSR count). The highest BCUT2D eigenvalue weighted by Crippen LogP contribution is 2.29. The first-order chi connectivity index (χ1) is 14.2. The topological polar surface area (TPSA) is 43.9 Å². The Hall–Kier alpha value is -2.44. The molecule has 0 radical (unpaired) electrons. The van der Waals surface area contributed by atoms with Crippen molar-refractivity contribution in [3.63, 3.8) is 0 Å². The molecule has 0 saturated carbocycles. The van der Waals surface area contributed by atoms with Crippen molar-refractivity contribution in [3.8, 4) is 0 Å². The lowest BCUT2D eigenvalue weighted by atomic mass is 9.92. The average Bonchev–Trinajstić information content (AvgIpc) is 2.73. The van der Waals surface area contributed by atoms with Gasteiger partial charge in [-0.15, -0.1) is 0 Å². The molecule has 0 bridgehead atoms. The molecule has 0 aliphatic carbocycles. The summed E-state index contributed by atoms with van der Waals surface area (Å²) in [4.78, 5) is 32.1. The van der Waals surface area contributed by atoms with Gasteiger partial charge < -0.3 is 9.80 Å². The van der Waals surface area contributed by atoms with E-state index >= 15 is 0 Å². The van der Waals surface area contributed by atoms with Crippen LogP contribution in [0.5, 0.6) is 0 Å². The third-order valence-corrected chi connectivity index (χ3v) is 6.28. The van der Waals surface area contributed by atoms with Gasteiger partial charge in [-0.1, -0.05) is 11.6 Å². The van der Waals surface area contributed by atoms with Crippen LogP contribution in [-0.4, -0.2) is 70.8 Å². The van der Waals surface area contributed by atoms with Crippen molar-refractivity contribution in [1.82, 2.24) is 14.7 Å². The first-order valence-corrected chi connectivity index (χ1v) is 10.5. The van der Waals surface area contributed by atoms with Crippen LogP contribution in [0.15, 0.2) is 48.5 Å². The molecule has 1 unspecified atom stereocenters. The highest BCUT2D eigenvalue weighted by atomic mass is 35.5. The maximum atomic E-state index is 13.2. The van der Waals surface area contributed by atoms with E-state index in [-0.39, 0.29) is 29.2 Å². The van der Waals surface area contributed by atoms with Gasteiger partial charge in [-0.05, 0) is 62.4 Å². The third kappa shape index (κ3) is 4.07. The van der Waals surface area contributed by atoms with Crippen molar-refractivity contribution < 1.29 is 14.0 Å². The van der Waals surface area contributed by atoms with Gasteiger partial charge in [0, 0.05) is 60.5 Å². The van der Waals surface area contributed by atoms with E-state index in [9.17, 15) is 14.0 Å². The molecular formula is C23H25ClFN3O2. The molecule has 2 amide bonds. The highest BCUT2D eigenvalue weighted by Gasteiger charge is 2.44. The molecule has 2 aliphatic heterocycles. The maximum absolute atomic E-state index is 13.2. The summed E-state index contributed by atoms with van der Waals surface area (Å²) in [5.74, 6) is -0.489. The van der Waals surface area contributed by atoms with E-state index < -0.39 is 0 Å². The molecule has 30 heavy (non-hydrogen) atoms. The molecule has 0 spiro atoms. The molecule has 2 heterocycles. The Morgan fingerprint density at radius 1 is 0.900 bits per heavy atom. The molecule has 5 nitrogen and oxygen atoms in total. The summed E-state index contributed by atoms with van der Waals surface area (Å²) in [5.41, 5.74) is 0.892. The number of hydrogen-bond acceptors (Lipinski definition) is 3. The zero-order valence-electron chi connectivity index (χ0n) is 17.1. The van der Waals surface area contributed by atoms with Crippen LogP contribution in [-0.2, 0) is 0 Å². The number of hydrogen-bond donors (Lipinski definition) is 0. The molecule has 2 saturated heterocycles. The van der Waals surface area contributed by atoms with Crippen LogP contribution in [0.1, 0.15) is 34.6 Å². The average molecular weight is 430 g/mol. The van der Waals surface area contributed by atoms with E-state index in [1.165, 1.54) is 24.3 Å². The number of carbonyl (C=O) groups excluding carboxylic acids is 2. The van der Waals surface area contributed by atoms with Crippen molar-refractivity contribution in [2.45, 2.75) is 25.4 Å². The monoisotopic (exact) mass is 429 g/mol. The smallest absolute Gasteiger partial charge is 0.253 e. The van der Waals surface area contributed by atoms with Gasteiger partial charge in [0.05, 0.1) is 0 Å². The molecule has 2 aromatic carbocycles. The number of amides is 2. The van der Waals surface area contributed by atoms with Gasteiger partial charge in [-0.3, -0.25) is 14.5 Å². The van der Waals surface area contributed by atoms with E-state index in [1.54, 1.807) is 29.2 Å².